The molecule has 1 fully saturated rings. The van der Waals surface area contributed by atoms with Crippen LogP contribution in [-0.4, -0.2) is 39.3 Å². The van der Waals surface area contributed by atoms with Gasteiger partial charge in [0, 0.05) is 31.3 Å². The van der Waals surface area contributed by atoms with Gasteiger partial charge in [-0.05, 0) is 19.9 Å². The Morgan fingerprint density at radius 2 is 2.32 bits per heavy atom. The molecule has 7 nitrogen and oxygen atoms in total. The van der Waals surface area contributed by atoms with Gasteiger partial charge in [0.1, 0.15) is 0 Å². The quantitative estimate of drug-likeness (QED) is 0.656. The van der Waals surface area contributed by atoms with Crippen LogP contribution in [0.25, 0.3) is 0 Å². The lowest BCUT2D eigenvalue weighted by atomic mass is 10.2. The highest BCUT2D eigenvalue weighted by Gasteiger charge is 2.32. The van der Waals surface area contributed by atoms with E-state index in [0.717, 1.165) is 0 Å². The van der Waals surface area contributed by atoms with Gasteiger partial charge in [-0.25, -0.2) is 4.98 Å². The van der Waals surface area contributed by atoms with Crippen molar-refractivity contribution >= 4 is 17.4 Å². The zero-order chi connectivity index (χ0) is 14.0. The summed E-state index contributed by atoms with van der Waals surface area (Å²) >= 11 is 0. The first-order chi connectivity index (χ1) is 8.99. The first kappa shape index (κ1) is 13.3. The van der Waals surface area contributed by atoms with Crippen molar-refractivity contribution in [1.29, 1.82) is 0 Å². The van der Waals surface area contributed by atoms with E-state index in [4.69, 9.17) is 0 Å². The lowest BCUT2D eigenvalue weighted by Gasteiger charge is -2.21. The van der Waals surface area contributed by atoms with E-state index in [2.05, 4.69) is 10.3 Å². The molecule has 102 valence electrons. The molecule has 2 rings (SSSR count). The molecule has 1 aromatic heterocycles. The second kappa shape index (κ2) is 5.21. The Morgan fingerprint density at radius 3 is 2.89 bits per heavy atom. The molecule has 0 radical (unpaired) electrons. The number of rotatable bonds is 4. The number of likely N-dealkylation sites (tertiary alicyclic amines) is 1. The maximum atomic E-state index is 11.8. The Morgan fingerprint density at radius 1 is 1.58 bits per heavy atom. The Bertz CT molecular complexity index is 504. The minimum absolute atomic E-state index is 0.0612. The van der Waals surface area contributed by atoms with Crippen molar-refractivity contribution < 1.29 is 9.72 Å². The van der Waals surface area contributed by atoms with Gasteiger partial charge in [0.2, 0.25) is 11.7 Å². The average molecular weight is 264 g/mol. The van der Waals surface area contributed by atoms with Crippen LogP contribution in [0.1, 0.15) is 20.3 Å². The first-order valence-corrected chi connectivity index (χ1v) is 6.14. The van der Waals surface area contributed by atoms with Crippen molar-refractivity contribution in [3.8, 4) is 0 Å². The SMILES string of the molecule is CC(C)N1CC(Nc2ncccc2[N+](=O)[O-])CC1=O. The summed E-state index contributed by atoms with van der Waals surface area (Å²) in [7, 11) is 0. The molecule has 19 heavy (non-hydrogen) atoms. The molecule has 0 aromatic carbocycles. The Balaban J connectivity index is 2.11. The summed E-state index contributed by atoms with van der Waals surface area (Å²) in [5.41, 5.74) is -0.0713. The Hall–Kier alpha value is -2.18. The fraction of sp³-hybridized carbons (Fsp3) is 0.500. The second-order valence-electron chi connectivity index (χ2n) is 4.81. The van der Waals surface area contributed by atoms with Gasteiger partial charge in [-0.15, -0.1) is 0 Å². The Kier molecular flexibility index (Phi) is 3.64. The third kappa shape index (κ3) is 2.81. The maximum absolute atomic E-state index is 11.8. The summed E-state index contributed by atoms with van der Waals surface area (Å²) in [5, 5.41) is 13.9. The Labute approximate surface area is 110 Å². The topological polar surface area (TPSA) is 88.4 Å². The predicted octanol–water partition coefficient (Wildman–Crippen LogP) is 1.41. The zero-order valence-corrected chi connectivity index (χ0v) is 10.9. The molecule has 1 aromatic rings. The summed E-state index contributed by atoms with van der Waals surface area (Å²) in [6, 6.07) is 2.91. The standard InChI is InChI=1S/C12H16N4O3/c1-8(2)15-7-9(6-11(15)17)14-12-10(16(18)19)4-3-5-13-12/h3-5,8-9H,6-7H2,1-2H3,(H,13,14). The summed E-state index contributed by atoms with van der Waals surface area (Å²) in [5.74, 6) is 0.280. The number of carbonyl (C=O) groups is 1. The van der Waals surface area contributed by atoms with E-state index in [9.17, 15) is 14.9 Å². The lowest BCUT2D eigenvalue weighted by molar-refractivity contribution is -0.384. The zero-order valence-electron chi connectivity index (χ0n) is 10.9. The second-order valence-corrected chi connectivity index (χ2v) is 4.81. The lowest BCUT2D eigenvalue weighted by Crippen LogP contribution is -2.33. The van der Waals surface area contributed by atoms with Crippen LogP contribution in [0, 0.1) is 10.1 Å². The molecule has 7 heteroatoms. The van der Waals surface area contributed by atoms with Crippen LogP contribution < -0.4 is 5.32 Å². The molecular formula is C12H16N4O3. The van der Waals surface area contributed by atoms with Crippen molar-refractivity contribution in [2.24, 2.45) is 0 Å². The molecule has 1 aliphatic rings. The number of amides is 1. The van der Waals surface area contributed by atoms with Gasteiger partial charge in [0.25, 0.3) is 0 Å². The summed E-state index contributed by atoms with van der Waals surface area (Å²) in [4.78, 5) is 27.9. The molecule has 0 aliphatic carbocycles. The third-order valence-corrected chi connectivity index (χ3v) is 3.11. The number of nitro groups is 1. The van der Waals surface area contributed by atoms with Gasteiger partial charge in [0.15, 0.2) is 0 Å². The molecule has 1 aliphatic heterocycles. The fourth-order valence-electron chi connectivity index (χ4n) is 2.18. The van der Waals surface area contributed by atoms with Crippen LogP contribution in [0.3, 0.4) is 0 Å². The number of pyridine rings is 1. The largest absolute Gasteiger partial charge is 0.359 e. The molecule has 0 bridgehead atoms. The summed E-state index contributed by atoms with van der Waals surface area (Å²) < 4.78 is 0. The van der Waals surface area contributed by atoms with Crippen LogP contribution in [0.2, 0.25) is 0 Å². The normalized spacial score (nSPS) is 19.0. The number of carbonyl (C=O) groups excluding carboxylic acids is 1. The highest BCUT2D eigenvalue weighted by molar-refractivity contribution is 5.80. The van der Waals surface area contributed by atoms with E-state index in [0.29, 0.717) is 13.0 Å². The smallest absolute Gasteiger partial charge is 0.311 e. The predicted molar refractivity (Wildman–Crippen MR) is 69.8 cm³/mol. The van der Waals surface area contributed by atoms with Gasteiger partial charge in [0.05, 0.1) is 11.0 Å². The van der Waals surface area contributed by atoms with Gasteiger partial charge in [-0.2, -0.15) is 0 Å². The van der Waals surface area contributed by atoms with Crippen molar-refractivity contribution in [3.63, 3.8) is 0 Å². The fourth-order valence-corrected chi connectivity index (χ4v) is 2.18. The molecule has 1 atom stereocenters. The van der Waals surface area contributed by atoms with Crippen LogP contribution in [0.15, 0.2) is 18.3 Å². The van der Waals surface area contributed by atoms with Crippen LogP contribution in [-0.2, 0) is 4.79 Å². The van der Waals surface area contributed by atoms with Crippen LogP contribution >= 0.6 is 0 Å². The number of hydrogen-bond acceptors (Lipinski definition) is 5. The molecule has 1 saturated heterocycles. The van der Waals surface area contributed by atoms with Gasteiger partial charge >= 0.3 is 5.69 Å². The number of anilines is 1. The van der Waals surface area contributed by atoms with E-state index in [1.54, 1.807) is 4.90 Å². The molecular weight excluding hydrogens is 248 g/mol. The van der Waals surface area contributed by atoms with E-state index < -0.39 is 4.92 Å². The molecule has 0 spiro atoms. The van der Waals surface area contributed by atoms with Crippen molar-refractivity contribution in [2.75, 3.05) is 11.9 Å². The number of aromatic nitrogens is 1. The van der Waals surface area contributed by atoms with E-state index >= 15 is 0 Å². The van der Waals surface area contributed by atoms with E-state index in [1.807, 2.05) is 13.8 Å². The highest BCUT2D eigenvalue weighted by atomic mass is 16.6. The van der Waals surface area contributed by atoms with E-state index in [1.165, 1.54) is 18.3 Å². The number of nitrogens with one attached hydrogen (secondary N) is 1. The van der Waals surface area contributed by atoms with E-state index in [-0.39, 0.29) is 29.5 Å². The average Bonchev–Trinajstić information content (AvgIpc) is 2.71. The van der Waals surface area contributed by atoms with Crippen LogP contribution in [0.4, 0.5) is 11.5 Å². The summed E-state index contributed by atoms with van der Waals surface area (Å²) in [6.45, 7) is 4.44. The molecule has 1 N–H and O–H groups in total. The monoisotopic (exact) mass is 264 g/mol. The number of hydrogen-bond donors (Lipinski definition) is 1. The van der Waals surface area contributed by atoms with Crippen molar-refractivity contribution in [3.05, 3.63) is 28.4 Å². The first-order valence-electron chi connectivity index (χ1n) is 6.14. The number of nitrogens with zero attached hydrogens (tertiary/aromatic N) is 3. The summed E-state index contributed by atoms with van der Waals surface area (Å²) in [6.07, 6.45) is 1.83. The minimum atomic E-state index is -0.480. The molecule has 1 unspecified atom stereocenters. The third-order valence-electron chi connectivity index (χ3n) is 3.11. The minimum Gasteiger partial charge on any atom is -0.359 e. The molecule has 1 amide bonds. The molecule has 0 saturated carbocycles. The highest BCUT2D eigenvalue weighted by Crippen LogP contribution is 2.24. The maximum Gasteiger partial charge on any atom is 0.311 e. The molecule has 2 heterocycles. The van der Waals surface area contributed by atoms with Crippen LogP contribution in [0.5, 0.6) is 0 Å². The van der Waals surface area contributed by atoms with Gasteiger partial charge < -0.3 is 10.2 Å². The van der Waals surface area contributed by atoms with Crippen molar-refractivity contribution in [1.82, 2.24) is 9.88 Å². The van der Waals surface area contributed by atoms with Crippen molar-refractivity contribution in [2.45, 2.75) is 32.4 Å². The van der Waals surface area contributed by atoms with Gasteiger partial charge in [-0.1, -0.05) is 0 Å². The van der Waals surface area contributed by atoms with Gasteiger partial charge in [-0.3, -0.25) is 14.9 Å².